The van der Waals surface area contributed by atoms with E-state index < -0.39 is 11.9 Å². The van der Waals surface area contributed by atoms with Crippen molar-refractivity contribution < 1.29 is 19.8 Å². The minimum absolute atomic E-state index is 0.0501. The molecule has 0 atom stereocenters. The van der Waals surface area contributed by atoms with E-state index >= 15 is 0 Å². The number of hydrogen-bond donors (Lipinski definition) is 1. The van der Waals surface area contributed by atoms with Crippen molar-refractivity contribution in [2.24, 2.45) is 5.92 Å². The molecule has 0 unspecified atom stereocenters. The molecule has 1 fully saturated rings. The van der Waals surface area contributed by atoms with Crippen molar-refractivity contribution in [3.8, 4) is 0 Å². The Bertz CT molecular complexity index is 461. The third kappa shape index (κ3) is 3.12. The Morgan fingerprint density at radius 1 is 1.21 bits per heavy atom. The van der Waals surface area contributed by atoms with E-state index in [2.05, 4.69) is 0 Å². The number of amides is 1. The van der Waals surface area contributed by atoms with Crippen LogP contribution < -0.4 is 5.11 Å². The van der Waals surface area contributed by atoms with Gasteiger partial charge in [0.05, 0.1) is 6.61 Å². The third-order valence-corrected chi connectivity index (χ3v) is 3.50. The van der Waals surface area contributed by atoms with Crippen LogP contribution in [0.1, 0.15) is 28.8 Å². The first-order chi connectivity index (χ1) is 9.11. The summed E-state index contributed by atoms with van der Waals surface area (Å²) in [6.07, 6.45) is 0.894. The number of aliphatic hydroxyl groups is 1. The van der Waals surface area contributed by atoms with Gasteiger partial charge >= 0.3 is 0 Å². The zero-order valence-corrected chi connectivity index (χ0v) is 10.5. The molecule has 0 aromatic heterocycles. The maximum Gasteiger partial charge on any atom is 0.253 e. The lowest BCUT2D eigenvalue weighted by atomic mass is 9.96. The molecule has 1 heterocycles. The van der Waals surface area contributed by atoms with Gasteiger partial charge in [-0.15, -0.1) is 0 Å². The highest BCUT2D eigenvalue weighted by Crippen LogP contribution is 2.18. The summed E-state index contributed by atoms with van der Waals surface area (Å²) in [6, 6.07) is 6.78. The molecule has 1 aliphatic heterocycles. The molecule has 102 valence electrons. The molecule has 0 saturated carbocycles. The fourth-order valence-corrected chi connectivity index (χ4v) is 2.25. The van der Waals surface area contributed by atoms with Crippen LogP contribution in [0.5, 0.6) is 0 Å². The fraction of sp³-hybridized carbons (Fsp3) is 0.429. The van der Waals surface area contributed by atoms with Gasteiger partial charge in [-0.2, -0.15) is 0 Å². The van der Waals surface area contributed by atoms with Crippen LogP contribution in [0.4, 0.5) is 0 Å². The van der Waals surface area contributed by atoms with E-state index in [1.165, 1.54) is 0 Å². The van der Waals surface area contributed by atoms with Crippen molar-refractivity contribution in [3.05, 3.63) is 35.4 Å². The van der Waals surface area contributed by atoms with Crippen LogP contribution >= 0.6 is 0 Å². The Morgan fingerprint density at radius 2 is 1.79 bits per heavy atom. The molecule has 0 aliphatic carbocycles. The predicted molar refractivity (Wildman–Crippen MR) is 66.0 cm³/mol. The largest absolute Gasteiger partial charge is 0.550 e. The summed E-state index contributed by atoms with van der Waals surface area (Å²) in [4.78, 5) is 24.6. The predicted octanol–water partition coefficient (Wildman–Crippen LogP) is -0.219. The molecule has 19 heavy (non-hydrogen) atoms. The van der Waals surface area contributed by atoms with E-state index in [1.807, 2.05) is 0 Å². The van der Waals surface area contributed by atoms with Gasteiger partial charge < -0.3 is 19.9 Å². The van der Waals surface area contributed by atoms with Crippen molar-refractivity contribution in [2.45, 2.75) is 19.4 Å². The Kier molecular flexibility index (Phi) is 4.16. The van der Waals surface area contributed by atoms with Crippen LogP contribution in [-0.2, 0) is 11.4 Å². The van der Waals surface area contributed by atoms with Gasteiger partial charge in [-0.1, -0.05) is 12.1 Å². The zero-order valence-electron chi connectivity index (χ0n) is 10.5. The van der Waals surface area contributed by atoms with E-state index in [-0.39, 0.29) is 12.5 Å². The molecule has 0 bridgehead atoms. The highest BCUT2D eigenvalue weighted by atomic mass is 16.4. The second kappa shape index (κ2) is 5.84. The quantitative estimate of drug-likeness (QED) is 0.816. The molecule has 1 aromatic carbocycles. The van der Waals surface area contributed by atoms with Crippen LogP contribution in [0.3, 0.4) is 0 Å². The van der Waals surface area contributed by atoms with Crippen molar-refractivity contribution >= 4 is 11.9 Å². The number of piperidine rings is 1. The normalized spacial score (nSPS) is 16.4. The van der Waals surface area contributed by atoms with Crippen LogP contribution in [0.2, 0.25) is 0 Å². The summed E-state index contributed by atoms with van der Waals surface area (Å²) in [5, 5.41) is 19.7. The number of nitrogens with zero attached hydrogens (tertiary/aromatic N) is 1. The molecule has 0 radical (unpaired) electrons. The second-order valence-electron chi connectivity index (χ2n) is 4.74. The monoisotopic (exact) mass is 262 g/mol. The molecule has 5 nitrogen and oxygen atoms in total. The van der Waals surface area contributed by atoms with Crippen molar-refractivity contribution in [1.82, 2.24) is 4.90 Å². The molecule has 0 spiro atoms. The van der Waals surface area contributed by atoms with Gasteiger partial charge in [-0.05, 0) is 30.5 Å². The van der Waals surface area contributed by atoms with Gasteiger partial charge in [0.1, 0.15) is 0 Å². The van der Waals surface area contributed by atoms with E-state index in [0.717, 1.165) is 5.56 Å². The highest BCUT2D eigenvalue weighted by molar-refractivity contribution is 5.94. The summed E-state index contributed by atoms with van der Waals surface area (Å²) in [7, 11) is 0. The molecular formula is C14H16NO4-. The minimum Gasteiger partial charge on any atom is -0.550 e. The fourth-order valence-electron chi connectivity index (χ4n) is 2.25. The Balaban J connectivity index is 1.98. The van der Waals surface area contributed by atoms with E-state index in [4.69, 9.17) is 5.11 Å². The maximum atomic E-state index is 12.2. The molecular weight excluding hydrogens is 246 g/mol. The molecule has 1 aromatic rings. The summed E-state index contributed by atoms with van der Waals surface area (Å²) >= 11 is 0. The van der Waals surface area contributed by atoms with Gasteiger partial charge in [-0.25, -0.2) is 0 Å². The number of likely N-dealkylation sites (tertiary alicyclic amines) is 1. The van der Waals surface area contributed by atoms with Crippen molar-refractivity contribution in [2.75, 3.05) is 13.1 Å². The zero-order chi connectivity index (χ0) is 13.8. The number of carboxylic acids is 1. The van der Waals surface area contributed by atoms with Crippen LogP contribution in [0.15, 0.2) is 24.3 Å². The summed E-state index contributed by atoms with van der Waals surface area (Å²) in [5.74, 6) is -1.57. The molecule has 1 saturated heterocycles. The van der Waals surface area contributed by atoms with Gasteiger partial charge in [0, 0.05) is 30.5 Å². The van der Waals surface area contributed by atoms with Gasteiger partial charge in [0.25, 0.3) is 5.91 Å². The summed E-state index contributed by atoms with van der Waals surface area (Å²) in [5.41, 5.74) is 1.32. The van der Waals surface area contributed by atoms with Gasteiger partial charge in [0.15, 0.2) is 0 Å². The lowest BCUT2D eigenvalue weighted by molar-refractivity contribution is -0.312. The van der Waals surface area contributed by atoms with E-state index in [1.54, 1.807) is 29.2 Å². The Labute approximate surface area is 111 Å². The SMILES string of the molecule is O=C([O-])C1CCN(C(=O)c2ccc(CO)cc2)CC1. The van der Waals surface area contributed by atoms with Crippen molar-refractivity contribution in [3.63, 3.8) is 0 Å². The number of hydrogen-bond acceptors (Lipinski definition) is 4. The minimum atomic E-state index is -1.03. The third-order valence-electron chi connectivity index (χ3n) is 3.50. The standard InChI is InChI=1S/C14H17NO4/c16-9-10-1-3-11(4-2-10)13(17)15-7-5-12(6-8-15)14(18)19/h1-4,12,16H,5-9H2,(H,18,19)/p-1. The molecule has 1 N–H and O–H groups in total. The highest BCUT2D eigenvalue weighted by Gasteiger charge is 2.24. The Morgan fingerprint density at radius 3 is 2.26 bits per heavy atom. The summed E-state index contributed by atoms with van der Waals surface area (Å²) in [6.45, 7) is 0.837. The van der Waals surface area contributed by atoms with Crippen LogP contribution in [0, 0.1) is 5.92 Å². The van der Waals surface area contributed by atoms with E-state index in [9.17, 15) is 14.7 Å². The summed E-state index contributed by atoms with van der Waals surface area (Å²) < 4.78 is 0. The number of rotatable bonds is 3. The van der Waals surface area contributed by atoms with Crippen LogP contribution in [0.25, 0.3) is 0 Å². The topological polar surface area (TPSA) is 80.7 Å². The first kappa shape index (κ1) is 13.5. The molecule has 1 aliphatic rings. The lowest BCUT2D eigenvalue weighted by Crippen LogP contribution is -2.43. The van der Waals surface area contributed by atoms with Gasteiger partial charge in [-0.3, -0.25) is 4.79 Å². The maximum absolute atomic E-state index is 12.2. The number of carboxylic acid groups (broad SMARTS) is 1. The molecule has 2 rings (SSSR count). The van der Waals surface area contributed by atoms with E-state index in [0.29, 0.717) is 31.5 Å². The molecule has 5 heteroatoms. The Hall–Kier alpha value is -1.88. The second-order valence-corrected chi connectivity index (χ2v) is 4.74. The smallest absolute Gasteiger partial charge is 0.253 e. The van der Waals surface area contributed by atoms with Gasteiger partial charge in [0.2, 0.25) is 0 Å². The van der Waals surface area contributed by atoms with Crippen LogP contribution in [-0.4, -0.2) is 35.0 Å². The number of carbonyl (C=O) groups excluding carboxylic acids is 2. The first-order valence-corrected chi connectivity index (χ1v) is 6.31. The number of aliphatic hydroxyl groups excluding tert-OH is 1. The lowest BCUT2D eigenvalue weighted by Gasteiger charge is -2.32. The number of aliphatic carboxylic acids is 1. The number of carbonyl (C=O) groups is 2. The average molecular weight is 262 g/mol. The average Bonchev–Trinajstić information content (AvgIpc) is 2.46. The molecule has 1 amide bonds. The first-order valence-electron chi connectivity index (χ1n) is 6.31. The number of benzene rings is 1. The van der Waals surface area contributed by atoms with Crippen molar-refractivity contribution in [1.29, 1.82) is 0 Å².